The van der Waals surface area contributed by atoms with Crippen LogP contribution in [0.25, 0.3) is 10.9 Å². The summed E-state index contributed by atoms with van der Waals surface area (Å²) >= 11 is 0. The Hall–Kier alpha value is -2.29. The monoisotopic (exact) mass is 270 g/mol. The molecule has 20 heavy (non-hydrogen) atoms. The second kappa shape index (κ2) is 7.34. The molecule has 3 heteroatoms. The molecule has 106 valence electrons. The van der Waals surface area contributed by atoms with Gasteiger partial charge in [0, 0.05) is 18.4 Å². The van der Waals surface area contributed by atoms with Gasteiger partial charge in [0.25, 0.3) is 5.56 Å². The van der Waals surface area contributed by atoms with Gasteiger partial charge in [0.2, 0.25) is 0 Å². The van der Waals surface area contributed by atoms with E-state index in [0.717, 1.165) is 22.2 Å². The summed E-state index contributed by atoms with van der Waals surface area (Å²) in [6, 6.07) is 3.81. The molecule has 1 N–H and O–H groups in total. The van der Waals surface area contributed by atoms with E-state index < -0.39 is 0 Å². The van der Waals surface area contributed by atoms with Crippen LogP contribution in [0.5, 0.6) is 0 Å². The third-order valence-corrected chi connectivity index (χ3v) is 2.88. The number of nitrogens with zero attached hydrogens (tertiary/aromatic N) is 1. The van der Waals surface area contributed by atoms with Crippen molar-refractivity contribution < 1.29 is 0 Å². The fourth-order valence-electron chi connectivity index (χ4n) is 2.00. The number of aromatic amines is 1. The molecule has 0 saturated carbocycles. The SMILES string of the molecule is C=C/C=C\C(=C)Cn1c(C)cc2c(=O)[nH]ccc21.CC. The lowest BCUT2D eigenvalue weighted by Gasteiger charge is -2.07. The van der Waals surface area contributed by atoms with Crippen LogP contribution < -0.4 is 5.56 Å². The van der Waals surface area contributed by atoms with Crippen LogP contribution in [0.4, 0.5) is 0 Å². The van der Waals surface area contributed by atoms with Crippen molar-refractivity contribution in [3.05, 3.63) is 71.3 Å². The molecule has 0 unspecified atom stereocenters. The average molecular weight is 270 g/mol. The molecule has 3 nitrogen and oxygen atoms in total. The molecule has 0 aliphatic heterocycles. The zero-order valence-electron chi connectivity index (χ0n) is 12.4. The minimum absolute atomic E-state index is 0.0541. The number of hydrogen-bond donors (Lipinski definition) is 1. The van der Waals surface area contributed by atoms with E-state index >= 15 is 0 Å². The van der Waals surface area contributed by atoms with Gasteiger partial charge in [-0.15, -0.1) is 0 Å². The highest BCUT2D eigenvalue weighted by atomic mass is 16.1. The van der Waals surface area contributed by atoms with Crippen LogP contribution in [0, 0.1) is 6.92 Å². The fourth-order valence-corrected chi connectivity index (χ4v) is 2.00. The van der Waals surface area contributed by atoms with E-state index in [4.69, 9.17) is 0 Å². The van der Waals surface area contributed by atoms with E-state index in [1.54, 1.807) is 12.3 Å². The Kier molecular flexibility index (Phi) is 5.78. The highest BCUT2D eigenvalue weighted by Gasteiger charge is 2.07. The van der Waals surface area contributed by atoms with E-state index in [1.807, 2.05) is 45.1 Å². The van der Waals surface area contributed by atoms with Crippen LogP contribution >= 0.6 is 0 Å². The first kappa shape index (κ1) is 15.8. The van der Waals surface area contributed by atoms with Crippen molar-refractivity contribution in [2.45, 2.75) is 27.3 Å². The number of allylic oxidation sites excluding steroid dienone is 4. The first-order valence-corrected chi connectivity index (χ1v) is 6.78. The number of nitrogens with one attached hydrogen (secondary N) is 1. The normalized spacial score (nSPS) is 10.3. The van der Waals surface area contributed by atoms with Gasteiger partial charge < -0.3 is 9.55 Å². The molecule has 0 fully saturated rings. The van der Waals surface area contributed by atoms with E-state index in [9.17, 15) is 4.79 Å². The Labute approximate surface area is 119 Å². The van der Waals surface area contributed by atoms with Gasteiger partial charge in [-0.05, 0) is 24.6 Å². The molecule has 0 aliphatic rings. The number of rotatable bonds is 4. The van der Waals surface area contributed by atoms with E-state index in [-0.39, 0.29) is 5.56 Å². The molecule has 0 amide bonds. The van der Waals surface area contributed by atoms with Crippen molar-refractivity contribution in [2.75, 3.05) is 0 Å². The Bertz CT molecular complexity index is 687. The number of hydrogen-bond acceptors (Lipinski definition) is 1. The highest BCUT2D eigenvalue weighted by Crippen LogP contribution is 2.17. The van der Waals surface area contributed by atoms with Crippen LogP contribution in [0.15, 0.2) is 60.1 Å². The lowest BCUT2D eigenvalue weighted by Crippen LogP contribution is -2.05. The van der Waals surface area contributed by atoms with Gasteiger partial charge in [-0.2, -0.15) is 0 Å². The fraction of sp³-hybridized carbons (Fsp3) is 0.235. The molecule has 0 saturated heterocycles. The van der Waals surface area contributed by atoms with Crippen LogP contribution in [0.2, 0.25) is 0 Å². The maximum absolute atomic E-state index is 11.7. The lowest BCUT2D eigenvalue weighted by atomic mass is 10.2. The quantitative estimate of drug-likeness (QED) is 0.839. The molecule has 0 aliphatic carbocycles. The summed E-state index contributed by atoms with van der Waals surface area (Å²) in [7, 11) is 0. The van der Waals surface area contributed by atoms with Crippen LogP contribution in [0.1, 0.15) is 19.5 Å². The summed E-state index contributed by atoms with van der Waals surface area (Å²) in [5, 5.41) is 0.718. The number of fused-ring (bicyclic) bond motifs is 1. The summed E-state index contributed by atoms with van der Waals surface area (Å²) in [5.41, 5.74) is 2.90. The third-order valence-electron chi connectivity index (χ3n) is 2.88. The Balaban J connectivity index is 0.000000956. The summed E-state index contributed by atoms with van der Waals surface area (Å²) < 4.78 is 2.08. The molecule has 0 spiro atoms. The first-order valence-electron chi connectivity index (χ1n) is 6.78. The number of pyridine rings is 1. The standard InChI is InChI=1S/C15H16N2O.C2H6/c1-4-5-6-11(2)10-17-12(3)9-13-14(17)7-8-16-15(13)18;1-2/h4-9H,1-2,10H2,3H3,(H,16,18);1-2H3/b6-5-;. The topological polar surface area (TPSA) is 37.8 Å². The smallest absolute Gasteiger partial charge is 0.257 e. The molecule has 2 aromatic heterocycles. The predicted octanol–water partition coefficient (Wildman–Crippen LogP) is 3.96. The van der Waals surface area contributed by atoms with Crippen LogP contribution in [-0.2, 0) is 6.54 Å². The van der Waals surface area contributed by atoms with Crippen molar-refractivity contribution in [3.8, 4) is 0 Å². The van der Waals surface area contributed by atoms with Gasteiger partial charge in [0.1, 0.15) is 0 Å². The minimum atomic E-state index is -0.0541. The van der Waals surface area contributed by atoms with Gasteiger partial charge in [-0.3, -0.25) is 4.79 Å². The average Bonchev–Trinajstić information content (AvgIpc) is 2.77. The number of aryl methyl sites for hydroxylation is 1. The predicted molar refractivity (Wildman–Crippen MR) is 87.1 cm³/mol. The van der Waals surface area contributed by atoms with Crippen LogP contribution in [-0.4, -0.2) is 9.55 Å². The zero-order chi connectivity index (χ0) is 15.1. The Morgan fingerprint density at radius 3 is 2.80 bits per heavy atom. The Morgan fingerprint density at radius 1 is 1.45 bits per heavy atom. The van der Waals surface area contributed by atoms with E-state index in [1.165, 1.54) is 0 Å². The maximum atomic E-state index is 11.7. The summed E-state index contributed by atoms with van der Waals surface area (Å²) in [6.07, 6.45) is 7.17. The van der Waals surface area contributed by atoms with Crippen molar-refractivity contribution >= 4 is 10.9 Å². The van der Waals surface area contributed by atoms with Gasteiger partial charge in [-0.25, -0.2) is 0 Å². The molecule has 0 radical (unpaired) electrons. The summed E-state index contributed by atoms with van der Waals surface area (Å²) in [6.45, 7) is 14.3. The number of H-pyrrole nitrogens is 1. The molecule has 0 aromatic carbocycles. The van der Waals surface area contributed by atoms with E-state index in [2.05, 4.69) is 22.7 Å². The maximum Gasteiger partial charge on any atom is 0.257 e. The van der Waals surface area contributed by atoms with Crippen molar-refractivity contribution in [1.82, 2.24) is 9.55 Å². The molecule has 2 aromatic rings. The second-order valence-corrected chi connectivity index (χ2v) is 4.23. The minimum Gasteiger partial charge on any atom is -0.340 e. The number of aromatic nitrogens is 2. The van der Waals surface area contributed by atoms with E-state index in [0.29, 0.717) is 6.54 Å². The van der Waals surface area contributed by atoms with Gasteiger partial charge in [0.15, 0.2) is 0 Å². The lowest BCUT2D eigenvalue weighted by molar-refractivity contribution is 0.806. The molecular weight excluding hydrogens is 248 g/mol. The van der Waals surface area contributed by atoms with Crippen molar-refractivity contribution in [1.29, 1.82) is 0 Å². The molecule has 0 bridgehead atoms. The molecular formula is C17H22N2O. The Morgan fingerprint density at radius 2 is 2.15 bits per heavy atom. The second-order valence-electron chi connectivity index (χ2n) is 4.23. The van der Waals surface area contributed by atoms with Crippen molar-refractivity contribution in [2.24, 2.45) is 0 Å². The van der Waals surface area contributed by atoms with Crippen LogP contribution in [0.3, 0.4) is 0 Å². The third kappa shape index (κ3) is 3.38. The van der Waals surface area contributed by atoms with Crippen molar-refractivity contribution in [3.63, 3.8) is 0 Å². The van der Waals surface area contributed by atoms with Gasteiger partial charge in [-0.1, -0.05) is 45.2 Å². The molecule has 0 atom stereocenters. The highest BCUT2D eigenvalue weighted by molar-refractivity contribution is 5.80. The summed E-state index contributed by atoms with van der Waals surface area (Å²) in [4.78, 5) is 14.4. The summed E-state index contributed by atoms with van der Waals surface area (Å²) in [5.74, 6) is 0. The van der Waals surface area contributed by atoms with Gasteiger partial charge in [0.05, 0.1) is 10.9 Å². The largest absolute Gasteiger partial charge is 0.340 e. The molecule has 2 rings (SSSR count). The first-order chi connectivity index (χ1) is 9.63. The van der Waals surface area contributed by atoms with Gasteiger partial charge >= 0.3 is 0 Å². The zero-order valence-corrected chi connectivity index (χ0v) is 12.4. The molecule has 2 heterocycles.